The third kappa shape index (κ3) is 3.91. The minimum absolute atomic E-state index is 0.0260. The largest absolute Gasteiger partial charge is 0.341 e. The number of hydrogen-bond acceptors (Lipinski definition) is 2. The molecule has 1 atom stereocenters. The van der Waals surface area contributed by atoms with E-state index in [1.807, 2.05) is 42.5 Å². The molecule has 2 aromatic carbocycles. The fourth-order valence-electron chi connectivity index (χ4n) is 5.70. The number of para-hydroxylation sites is 1. The number of hydrogen-bond donors (Lipinski definition) is 2. The monoisotopic (exact) mass is 414 g/mol. The Morgan fingerprint density at radius 3 is 2.61 bits per heavy atom. The molecule has 5 rings (SSSR count). The van der Waals surface area contributed by atoms with Crippen LogP contribution < -0.4 is 5.32 Å². The van der Waals surface area contributed by atoms with E-state index in [0.717, 1.165) is 67.2 Å². The zero-order chi connectivity index (χ0) is 21.4. The Kier molecular flexibility index (Phi) is 5.39. The second-order valence-electron chi connectivity index (χ2n) is 9.34. The van der Waals surface area contributed by atoms with Crippen LogP contribution in [0.15, 0.2) is 48.5 Å². The van der Waals surface area contributed by atoms with Crippen LogP contribution in [0, 0.1) is 24.7 Å². The van der Waals surface area contributed by atoms with Gasteiger partial charge < -0.3 is 10.3 Å². The van der Waals surface area contributed by atoms with Crippen molar-refractivity contribution in [2.75, 3.05) is 5.32 Å². The number of aromatic nitrogens is 1. The van der Waals surface area contributed by atoms with Gasteiger partial charge in [0.25, 0.3) is 0 Å². The van der Waals surface area contributed by atoms with Crippen molar-refractivity contribution in [3.05, 3.63) is 65.2 Å². The Balaban J connectivity index is 1.22. The first-order valence-corrected chi connectivity index (χ1v) is 11.6. The van der Waals surface area contributed by atoms with E-state index < -0.39 is 0 Å². The first kappa shape index (κ1) is 20.0. The molecular formula is C27H30N2O2. The van der Waals surface area contributed by atoms with Gasteiger partial charge in [-0.05, 0) is 81.0 Å². The van der Waals surface area contributed by atoms with Gasteiger partial charge in [-0.1, -0.05) is 36.4 Å². The minimum Gasteiger partial charge on any atom is -0.341 e. The highest BCUT2D eigenvalue weighted by atomic mass is 16.2. The summed E-state index contributed by atoms with van der Waals surface area (Å²) in [5, 5.41) is 4.17. The van der Waals surface area contributed by atoms with Crippen molar-refractivity contribution in [1.29, 1.82) is 0 Å². The number of benzene rings is 2. The second-order valence-corrected chi connectivity index (χ2v) is 9.34. The van der Waals surface area contributed by atoms with Crippen molar-refractivity contribution in [2.24, 2.45) is 17.8 Å². The highest BCUT2D eigenvalue weighted by molar-refractivity contribution is 6.00. The molecule has 4 nitrogen and oxygen atoms in total. The number of H-pyrrole nitrogens is 1. The Bertz CT molecular complexity index is 1090. The second kappa shape index (κ2) is 8.33. The van der Waals surface area contributed by atoms with Crippen molar-refractivity contribution >= 4 is 28.4 Å². The lowest BCUT2D eigenvalue weighted by atomic mass is 9.72. The van der Waals surface area contributed by atoms with E-state index in [0.29, 0.717) is 11.7 Å². The molecule has 3 aromatic rings. The van der Waals surface area contributed by atoms with Crippen LogP contribution in [-0.4, -0.2) is 16.7 Å². The van der Waals surface area contributed by atoms with E-state index in [-0.39, 0.29) is 17.7 Å². The molecular weight excluding hydrogens is 384 g/mol. The third-order valence-electron chi connectivity index (χ3n) is 7.45. The fourth-order valence-corrected chi connectivity index (χ4v) is 5.70. The van der Waals surface area contributed by atoms with Gasteiger partial charge in [0.1, 0.15) is 5.82 Å². The topological polar surface area (TPSA) is 62.0 Å². The van der Waals surface area contributed by atoms with Gasteiger partial charge >= 0.3 is 0 Å². The molecule has 2 aliphatic rings. The van der Waals surface area contributed by atoms with E-state index in [2.05, 4.69) is 23.3 Å². The molecule has 0 bridgehead atoms. The summed E-state index contributed by atoms with van der Waals surface area (Å²) in [5.41, 5.74) is 4.47. The number of rotatable bonds is 3. The number of carbonyl (C=O) groups excluding carboxylic acids is 2. The third-order valence-corrected chi connectivity index (χ3v) is 7.45. The van der Waals surface area contributed by atoms with E-state index in [4.69, 9.17) is 0 Å². The van der Waals surface area contributed by atoms with Crippen LogP contribution in [0.3, 0.4) is 0 Å². The highest BCUT2D eigenvalue weighted by Crippen LogP contribution is 2.39. The van der Waals surface area contributed by atoms with Gasteiger partial charge in [0.05, 0.1) is 0 Å². The Morgan fingerprint density at radius 2 is 1.81 bits per heavy atom. The summed E-state index contributed by atoms with van der Waals surface area (Å²) in [5.74, 6) is 1.73. The molecule has 2 aliphatic carbocycles. The lowest BCUT2D eigenvalue weighted by Crippen LogP contribution is -2.32. The number of aromatic amines is 1. The Morgan fingerprint density at radius 1 is 1.00 bits per heavy atom. The number of fused-ring (bicyclic) bond motifs is 2. The number of anilines is 1. The van der Waals surface area contributed by atoms with Crippen LogP contribution in [0.2, 0.25) is 0 Å². The predicted octanol–water partition coefficient (Wildman–Crippen LogP) is 6.06. The molecule has 1 amide bonds. The summed E-state index contributed by atoms with van der Waals surface area (Å²) < 4.78 is 0. The number of carbonyl (C=O) groups is 2. The van der Waals surface area contributed by atoms with Crippen LogP contribution in [0.4, 0.5) is 5.82 Å². The van der Waals surface area contributed by atoms with E-state index in [1.165, 1.54) is 11.1 Å². The maximum absolute atomic E-state index is 13.3. The molecule has 1 saturated carbocycles. The lowest BCUT2D eigenvalue weighted by molar-refractivity contribution is -0.121. The van der Waals surface area contributed by atoms with Gasteiger partial charge in [-0.3, -0.25) is 9.59 Å². The number of Topliss-reactive ketones (excluding diaryl/α,β-unsaturated/α-hetero) is 1. The molecule has 0 aliphatic heterocycles. The fraction of sp³-hybridized carbons (Fsp3) is 0.407. The predicted molar refractivity (Wildman–Crippen MR) is 124 cm³/mol. The van der Waals surface area contributed by atoms with Gasteiger partial charge in [0.2, 0.25) is 5.91 Å². The summed E-state index contributed by atoms with van der Waals surface area (Å²) in [7, 11) is 0. The Hall–Kier alpha value is -2.88. The normalized spacial score (nSPS) is 23.9. The summed E-state index contributed by atoms with van der Waals surface area (Å²) in [4.78, 5) is 29.5. The molecule has 0 spiro atoms. The van der Waals surface area contributed by atoms with Crippen LogP contribution in [-0.2, 0) is 11.2 Å². The first-order valence-electron chi connectivity index (χ1n) is 11.6. The molecule has 1 fully saturated rings. The molecule has 1 heterocycles. The number of nitrogens with one attached hydrogen (secondary N) is 2. The zero-order valence-electron chi connectivity index (χ0n) is 18.1. The quantitative estimate of drug-likeness (QED) is 0.512. The Labute approximate surface area is 183 Å². The summed E-state index contributed by atoms with van der Waals surface area (Å²) in [6.07, 6.45) is 6.71. The summed E-state index contributed by atoms with van der Waals surface area (Å²) in [6.45, 7) is 2.11. The number of ketones is 1. The minimum atomic E-state index is 0.0260. The molecule has 160 valence electrons. The van der Waals surface area contributed by atoms with Crippen molar-refractivity contribution in [3.8, 4) is 0 Å². The van der Waals surface area contributed by atoms with Gasteiger partial charge in [0, 0.05) is 28.3 Å². The van der Waals surface area contributed by atoms with Crippen LogP contribution in [0.1, 0.15) is 60.0 Å². The van der Waals surface area contributed by atoms with Crippen LogP contribution in [0.5, 0.6) is 0 Å². The first-order chi connectivity index (χ1) is 15.1. The molecule has 1 unspecified atom stereocenters. The number of amides is 1. The van der Waals surface area contributed by atoms with Gasteiger partial charge in [-0.15, -0.1) is 0 Å². The zero-order valence-corrected chi connectivity index (χ0v) is 18.1. The van der Waals surface area contributed by atoms with Gasteiger partial charge in [0.15, 0.2) is 5.78 Å². The highest BCUT2D eigenvalue weighted by Gasteiger charge is 2.36. The van der Waals surface area contributed by atoms with Crippen LogP contribution >= 0.6 is 0 Å². The maximum Gasteiger partial charge on any atom is 0.228 e. The SMILES string of the molecule is Cc1cccc2c1CCCC(C1CCC(C(=O)Nc3cc4ccccc4[nH]3)CC1)C2=O. The average Bonchev–Trinajstić information content (AvgIpc) is 3.11. The van der Waals surface area contributed by atoms with Gasteiger partial charge in [-0.25, -0.2) is 0 Å². The van der Waals surface area contributed by atoms with E-state index in [1.54, 1.807) is 0 Å². The van der Waals surface area contributed by atoms with Gasteiger partial charge in [-0.2, -0.15) is 0 Å². The van der Waals surface area contributed by atoms with Crippen molar-refractivity contribution in [2.45, 2.75) is 51.9 Å². The molecule has 0 radical (unpaired) electrons. The van der Waals surface area contributed by atoms with E-state index in [9.17, 15) is 9.59 Å². The van der Waals surface area contributed by atoms with Crippen molar-refractivity contribution < 1.29 is 9.59 Å². The summed E-state index contributed by atoms with van der Waals surface area (Å²) in [6, 6.07) is 16.2. The molecule has 0 saturated heterocycles. The molecule has 1 aromatic heterocycles. The smallest absolute Gasteiger partial charge is 0.228 e. The lowest BCUT2D eigenvalue weighted by Gasteiger charge is -2.32. The summed E-state index contributed by atoms with van der Waals surface area (Å²) >= 11 is 0. The standard InChI is InChI=1S/C27H30N2O2/c1-17-6-4-10-23-21(17)8-5-9-22(26(23)30)18-12-14-19(15-13-18)27(31)29-25-16-20-7-2-3-11-24(20)28-25/h2-4,6-7,10-11,16,18-19,22,28H,5,8-9,12-15H2,1H3,(H,29,31). The molecule has 2 N–H and O–H groups in total. The van der Waals surface area contributed by atoms with Crippen molar-refractivity contribution in [1.82, 2.24) is 4.98 Å². The van der Waals surface area contributed by atoms with E-state index >= 15 is 0 Å². The maximum atomic E-state index is 13.3. The average molecular weight is 415 g/mol. The molecule has 31 heavy (non-hydrogen) atoms. The van der Waals surface area contributed by atoms with Crippen molar-refractivity contribution in [3.63, 3.8) is 0 Å². The molecule has 4 heteroatoms. The number of aryl methyl sites for hydroxylation is 1. The van der Waals surface area contributed by atoms with Crippen LogP contribution in [0.25, 0.3) is 10.9 Å².